The predicted molar refractivity (Wildman–Crippen MR) is 160 cm³/mol. The maximum atomic E-state index is 12.5. The van der Waals surface area contributed by atoms with Crippen molar-refractivity contribution < 1.29 is 14.3 Å². The summed E-state index contributed by atoms with van der Waals surface area (Å²) in [5, 5.41) is 0.981. The number of nitrogens with zero attached hydrogens (tertiary/aromatic N) is 6. The Balaban J connectivity index is 1.44. The topological polar surface area (TPSA) is 74.3 Å². The number of piperazine rings is 1. The molecule has 3 aliphatic rings. The third-order valence-electron chi connectivity index (χ3n) is 8.00. The van der Waals surface area contributed by atoms with Crippen LogP contribution in [0.3, 0.4) is 0 Å². The first kappa shape index (κ1) is 28.0. The number of ether oxygens (including phenoxy) is 2. The van der Waals surface area contributed by atoms with Crippen LogP contribution in [0, 0.1) is 5.41 Å². The van der Waals surface area contributed by atoms with Crippen molar-refractivity contribution in [2.45, 2.75) is 46.1 Å². The second-order valence-corrected chi connectivity index (χ2v) is 12.9. The highest BCUT2D eigenvalue weighted by Crippen LogP contribution is 2.45. The number of likely N-dealkylation sites (N-methyl/N-ethyl adjacent to an activating group) is 1. The molecule has 0 aliphatic carbocycles. The first-order valence-electron chi connectivity index (χ1n) is 14.0. The summed E-state index contributed by atoms with van der Waals surface area (Å²) in [5.74, 6) is 2.44. The molecular formula is C29H41BrN6O3. The molecule has 0 unspecified atom stereocenters. The molecule has 0 N–H and O–H groups in total. The second-order valence-electron chi connectivity index (χ2n) is 12.1. The van der Waals surface area contributed by atoms with Crippen LogP contribution in [-0.4, -0.2) is 97.5 Å². The van der Waals surface area contributed by atoms with Gasteiger partial charge in [0.2, 0.25) is 5.95 Å². The van der Waals surface area contributed by atoms with Gasteiger partial charge in [0.05, 0.1) is 11.1 Å². The van der Waals surface area contributed by atoms with E-state index in [0.29, 0.717) is 6.61 Å². The van der Waals surface area contributed by atoms with E-state index in [1.807, 2.05) is 38.7 Å². The lowest BCUT2D eigenvalue weighted by molar-refractivity contribution is -0.0434. The molecule has 4 heterocycles. The van der Waals surface area contributed by atoms with Crippen LogP contribution in [0.4, 0.5) is 16.6 Å². The van der Waals surface area contributed by atoms with E-state index in [-0.39, 0.29) is 11.5 Å². The molecular weight excluding hydrogens is 560 g/mol. The molecule has 9 nitrogen and oxygen atoms in total. The fourth-order valence-electron chi connectivity index (χ4n) is 5.75. The van der Waals surface area contributed by atoms with Crippen LogP contribution in [0.5, 0.6) is 5.75 Å². The molecule has 0 saturated carbocycles. The van der Waals surface area contributed by atoms with Gasteiger partial charge in [0.25, 0.3) is 0 Å². The number of carbonyl (C=O) groups excluding carboxylic acids is 1. The number of aromatic nitrogens is 2. The number of amides is 1. The number of benzene rings is 1. The van der Waals surface area contributed by atoms with E-state index in [2.05, 4.69) is 50.3 Å². The molecule has 39 heavy (non-hydrogen) atoms. The van der Waals surface area contributed by atoms with Crippen LogP contribution >= 0.6 is 15.9 Å². The Morgan fingerprint density at radius 1 is 1.10 bits per heavy atom. The third-order valence-corrected chi connectivity index (χ3v) is 8.82. The van der Waals surface area contributed by atoms with Gasteiger partial charge >= 0.3 is 6.09 Å². The molecule has 0 radical (unpaired) electrons. The Morgan fingerprint density at radius 3 is 2.36 bits per heavy atom. The molecule has 0 atom stereocenters. The van der Waals surface area contributed by atoms with E-state index < -0.39 is 5.60 Å². The van der Waals surface area contributed by atoms with Gasteiger partial charge in [-0.25, -0.2) is 9.78 Å². The zero-order valence-corrected chi connectivity index (χ0v) is 25.5. The lowest BCUT2D eigenvalue weighted by Gasteiger charge is -2.53. The van der Waals surface area contributed by atoms with Gasteiger partial charge in [-0.1, -0.05) is 12.7 Å². The summed E-state index contributed by atoms with van der Waals surface area (Å²) in [6, 6.07) is 2.12. The fraction of sp³-hybridized carbons (Fsp3) is 0.621. The average Bonchev–Trinajstić information content (AvgIpc) is 2.87. The third kappa shape index (κ3) is 5.68. The zero-order chi connectivity index (χ0) is 27.9. The highest BCUT2D eigenvalue weighted by atomic mass is 79.9. The molecule has 3 fully saturated rings. The van der Waals surface area contributed by atoms with Crippen LogP contribution < -0.4 is 14.5 Å². The molecule has 212 valence electrons. The summed E-state index contributed by atoms with van der Waals surface area (Å²) < 4.78 is 12.6. The highest BCUT2D eigenvalue weighted by molar-refractivity contribution is 9.10. The lowest BCUT2D eigenvalue weighted by Crippen LogP contribution is -2.62. The Hall–Kier alpha value is -2.59. The van der Waals surface area contributed by atoms with Crippen LogP contribution in [0.2, 0.25) is 0 Å². The summed E-state index contributed by atoms with van der Waals surface area (Å²) in [7, 11) is 2.15. The molecule has 10 heteroatoms. The SMILES string of the molecule is C=Cc1cc2c(N3CCC4(CC3)CN(C(=O)OC(C)(C)C)C4)nc(N3CCN(C)CC3)nc2c(OCC)c1Br. The number of halogens is 1. The van der Waals surface area contributed by atoms with E-state index in [4.69, 9.17) is 19.4 Å². The minimum atomic E-state index is -0.474. The van der Waals surface area contributed by atoms with Gasteiger partial charge in [0.1, 0.15) is 16.9 Å². The molecule has 5 rings (SSSR count). The van der Waals surface area contributed by atoms with E-state index in [9.17, 15) is 4.79 Å². The zero-order valence-electron chi connectivity index (χ0n) is 23.9. The summed E-state index contributed by atoms with van der Waals surface area (Å²) in [5.41, 5.74) is 1.47. The standard InChI is InChI=1S/C29H41BrN6O3/c1-7-20-17-21-23(24(22(20)30)38-8-2)31-26(35-15-13-33(6)14-16-35)32-25(21)34-11-9-29(10-12-34)18-36(19-29)27(37)39-28(3,4)5/h7,17H,1,8-16,18-19H2,2-6H3. The molecule has 1 aromatic heterocycles. The van der Waals surface area contributed by atoms with Crippen molar-refractivity contribution in [3.63, 3.8) is 0 Å². The Bertz CT molecular complexity index is 1240. The highest BCUT2D eigenvalue weighted by Gasteiger charge is 2.48. The molecule has 0 bridgehead atoms. The molecule has 1 amide bonds. The van der Waals surface area contributed by atoms with Crippen LogP contribution in [-0.2, 0) is 4.74 Å². The monoisotopic (exact) mass is 600 g/mol. The van der Waals surface area contributed by atoms with Crippen molar-refractivity contribution in [2.75, 3.05) is 75.8 Å². The van der Waals surface area contributed by atoms with Gasteiger partial charge in [-0.15, -0.1) is 0 Å². The van der Waals surface area contributed by atoms with Crippen molar-refractivity contribution in [1.82, 2.24) is 19.8 Å². The smallest absolute Gasteiger partial charge is 0.410 e. The van der Waals surface area contributed by atoms with Crippen molar-refractivity contribution in [2.24, 2.45) is 5.41 Å². The van der Waals surface area contributed by atoms with Crippen LogP contribution in [0.1, 0.15) is 46.1 Å². The Kier molecular flexibility index (Phi) is 7.72. The number of hydrogen-bond donors (Lipinski definition) is 0. The van der Waals surface area contributed by atoms with E-state index in [1.165, 1.54) is 0 Å². The van der Waals surface area contributed by atoms with Gasteiger partial charge in [0, 0.05) is 63.2 Å². The van der Waals surface area contributed by atoms with E-state index in [0.717, 1.165) is 104 Å². The number of fused-ring (bicyclic) bond motifs is 1. The summed E-state index contributed by atoms with van der Waals surface area (Å²) in [6.07, 6.45) is 3.64. The largest absolute Gasteiger partial charge is 0.490 e. The first-order chi connectivity index (χ1) is 18.5. The van der Waals surface area contributed by atoms with Gasteiger partial charge in [0.15, 0.2) is 5.75 Å². The second kappa shape index (κ2) is 10.8. The Labute approximate surface area is 240 Å². The molecule has 3 saturated heterocycles. The molecule has 1 aromatic carbocycles. The maximum Gasteiger partial charge on any atom is 0.410 e. The average molecular weight is 602 g/mol. The number of anilines is 2. The summed E-state index contributed by atoms with van der Waals surface area (Å²) in [6.45, 7) is 19.3. The quantitative estimate of drug-likeness (QED) is 0.473. The van der Waals surface area contributed by atoms with Gasteiger partial charge in [-0.05, 0) is 75.1 Å². The van der Waals surface area contributed by atoms with Gasteiger partial charge < -0.3 is 29.1 Å². The summed E-state index contributed by atoms with van der Waals surface area (Å²) in [4.78, 5) is 31.6. The lowest BCUT2D eigenvalue weighted by atomic mass is 9.72. The predicted octanol–water partition coefficient (Wildman–Crippen LogP) is 5.02. The van der Waals surface area contributed by atoms with E-state index >= 15 is 0 Å². The van der Waals surface area contributed by atoms with Crippen molar-refractivity contribution in [3.8, 4) is 5.75 Å². The van der Waals surface area contributed by atoms with Crippen molar-refractivity contribution in [3.05, 3.63) is 22.7 Å². The molecule has 1 spiro atoms. The number of hydrogen-bond acceptors (Lipinski definition) is 8. The molecule has 3 aliphatic heterocycles. The Morgan fingerprint density at radius 2 is 1.77 bits per heavy atom. The van der Waals surface area contributed by atoms with E-state index in [1.54, 1.807) is 0 Å². The maximum absolute atomic E-state index is 12.5. The number of piperidine rings is 1. The normalized spacial score (nSPS) is 19.8. The molecule has 2 aromatic rings. The summed E-state index contributed by atoms with van der Waals surface area (Å²) >= 11 is 3.75. The minimum Gasteiger partial charge on any atom is -0.490 e. The van der Waals surface area contributed by atoms with Crippen LogP contribution in [0.15, 0.2) is 17.1 Å². The van der Waals surface area contributed by atoms with Gasteiger partial charge in [-0.2, -0.15) is 4.98 Å². The van der Waals surface area contributed by atoms with Crippen molar-refractivity contribution in [1.29, 1.82) is 0 Å². The van der Waals surface area contributed by atoms with Crippen molar-refractivity contribution >= 4 is 50.8 Å². The van der Waals surface area contributed by atoms with Crippen LogP contribution in [0.25, 0.3) is 17.0 Å². The first-order valence-corrected chi connectivity index (χ1v) is 14.8. The van der Waals surface area contributed by atoms with Gasteiger partial charge in [-0.3, -0.25) is 0 Å². The number of carbonyl (C=O) groups is 1. The number of likely N-dealkylation sites (tertiary alicyclic amines) is 1. The minimum absolute atomic E-state index is 0.155. The number of rotatable bonds is 5. The fourth-order valence-corrected chi connectivity index (χ4v) is 6.33.